The highest BCUT2D eigenvalue weighted by atomic mass is 16.5. The van der Waals surface area contributed by atoms with Crippen LogP contribution in [0, 0.1) is 13.8 Å². The number of anilines is 1. The number of carbonyl (C=O) groups excluding carboxylic acids is 1. The van der Waals surface area contributed by atoms with Crippen molar-refractivity contribution in [1.82, 2.24) is 23.7 Å². The van der Waals surface area contributed by atoms with Crippen LogP contribution in [-0.2, 0) is 24.9 Å². The molecule has 4 heterocycles. The second-order valence-electron chi connectivity index (χ2n) is 8.78. The second-order valence-corrected chi connectivity index (χ2v) is 8.78. The smallest absolute Gasteiger partial charge is 0.343 e. The zero-order valence-corrected chi connectivity index (χ0v) is 20.3. The van der Waals surface area contributed by atoms with Crippen molar-refractivity contribution in [2.24, 2.45) is 12.8 Å². The van der Waals surface area contributed by atoms with Crippen molar-refractivity contribution in [1.29, 1.82) is 0 Å². The lowest BCUT2D eigenvalue weighted by Crippen LogP contribution is -2.44. The molecule has 34 heavy (non-hydrogen) atoms. The predicted molar refractivity (Wildman–Crippen MR) is 128 cm³/mol. The number of esters is 1. The second kappa shape index (κ2) is 9.05. The predicted octanol–water partition coefficient (Wildman–Crippen LogP) is 0.691. The van der Waals surface area contributed by atoms with Gasteiger partial charge < -0.3 is 19.9 Å². The Bertz CT molecular complexity index is 1360. The molecule has 1 aliphatic rings. The molecule has 0 aromatic carbocycles. The summed E-state index contributed by atoms with van der Waals surface area (Å²) in [5, 5.41) is 0. The van der Waals surface area contributed by atoms with E-state index in [0.717, 1.165) is 28.8 Å². The van der Waals surface area contributed by atoms with Crippen LogP contribution in [0.15, 0.2) is 15.7 Å². The van der Waals surface area contributed by atoms with Gasteiger partial charge in [-0.1, -0.05) is 0 Å². The third kappa shape index (κ3) is 3.89. The number of ether oxygens (including phenoxy) is 1. The number of methoxy groups -OCH3 is 1. The van der Waals surface area contributed by atoms with Crippen LogP contribution >= 0.6 is 0 Å². The topological polar surface area (TPSA) is 130 Å². The number of nitrogens with two attached hydrogens (primary N) is 1. The molecule has 11 heteroatoms. The first kappa shape index (κ1) is 23.7. The Balaban J connectivity index is 2.04. The Labute approximate surface area is 196 Å². The summed E-state index contributed by atoms with van der Waals surface area (Å²) in [6, 6.07) is 1.78. The summed E-state index contributed by atoms with van der Waals surface area (Å²) in [7, 11) is 2.85. The molecule has 0 radical (unpaired) electrons. The van der Waals surface area contributed by atoms with Gasteiger partial charge in [0.25, 0.3) is 5.56 Å². The number of rotatable bonds is 5. The summed E-state index contributed by atoms with van der Waals surface area (Å²) >= 11 is 0. The maximum atomic E-state index is 13.8. The standard InChI is InChI=1S/C23H31N7O4/c1-6-29-19-18(17(22(32)34-5)20(29)28-9-7-8-15(24)11-28)27(4)23(33)30(21(19)31)12-16-25-13(2)10-14(3)26-16/h10,15H,6-9,11-12,24H2,1-5H3/t15-/m1/s1. The maximum absolute atomic E-state index is 13.8. The van der Waals surface area contributed by atoms with Crippen LogP contribution in [0.2, 0.25) is 0 Å². The van der Waals surface area contributed by atoms with E-state index in [4.69, 9.17) is 10.5 Å². The van der Waals surface area contributed by atoms with Gasteiger partial charge in [-0.2, -0.15) is 0 Å². The molecule has 3 aromatic rings. The van der Waals surface area contributed by atoms with Crippen molar-refractivity contribution in [2.75, 3.05) is 25.1 Å². The van der Waals surface area contributed by atoms with Gasteiger partial charge in [0, 0.05) is 44.1 Å². The molecule has 2 N–H and O–H groups in total. The summed E-state index contributed by atoms with van der Waals surface area (Å²) in [5.74, 6) is 0.337. The zero-order valence-electron chi connectivity index (χ0n) is 20.3. The Kier molecular flexibility index (Phi) is 6.30. The lowest BCUT2D eigenvalue weighted by Gasteiger charge is -2.33. The Hall–Kier alpha value is -3.47. The normalized spacial score (nSPS) is 16.3. The monoisotopic (exact) mass is 469 g/mol. The van der Waals surface area contributed by atoms with E-state index >= 15 is 0 Å². The first-order chi connectivity index (χ1) is 16.2. The van der Waals surface area contributed by atoms with Crippen molar-refractivity contribution >= 4 is 22.8 Å². The SMILES string of the molecule is CCn1c(N2CCC[C@@H](N)C2)c(C(=O)OC)c2c1c(=O)n(Cc1nc(C)cc(C)n1)c(=O)n2C. The van der Waals surface area contributed by atoms with Gasteiger partial charge in [0.2, 0.25) is 0 Å². The summed E-state index contributed by atoms with van der Waals surface area (Å²) < 4.78 is 9.34. The van der Waals surface area contributed by atoms with Gasteiger partial charge in [-0.25, -0.2) is 19.6 Å². The van der Waals surface area contributed by atoms with E-state index in [-0.39, 0.29) is 29.2 Å². The minimum absolute atomic E-state index is 0.0512. The summed E-state index contributed by atoms with van der Waals surface area (Å²) in [4.78, 5) is 50.9. The molecule has 1 saturated heterocycles. The average Bonchev–Trinajstić information content (AvgIpc) is 3.14. The number of fused-ring (bicyclic) bond motifs is 1. The molecule has 3 aromatic heterocycles. The fourth-order valence-electron chi connectivity index (χ4n) is 4.91. The van der Waals surface area contributed by atoms with Crippen LogP contribution < -0.4 is 21.9 Å². The van der Waals surface area contributed by atoms with Crippen LogP contribution in [0.4, 0.5) is 5.82 Å². The third-order valence-corrected chi connectivity index (χ3v) is 6.30. The third-order valence-electron chi connectivity index (χ3n) is 6.30. The van der Waals surface area contributed by atoms with Crippen LogP contribution in [0.1, 0.15) is 47.3 Å². The Morgan fingerprint density at radius 1 is 1.18 bits per heavy atom. The number of piperidine rings is 1. The van der Waals surface area contributed by atoms with E-state index in [2.05, 4.69) is 9.97 Å². The Morgan fingerprint density at radius 2 is 1.85 bits per heavy atom. The highest BCUT2D eigenvalue weighted by Crippen LogP contribution is 2.33. The van der Waals surface area contributed by atoms with E-state index in [1.54, 1.807) is 11.6 Å². The molecule has 0 saturated carbocycles. The van der Waals surface area contributed by atoms with Crippen molar-refractivity contribution in [3.8, 4) is 0 Å². The van der Waals surface area contributed by atoms with E-state index < -0.39 is 17.2 Å². The van der Waals surface area contributed by atoms with Gasteiger partial charge in [0.05, 0.1) is 19.2 Å². The average molecular weight is 470 g/mol. The fourth-order valence-corrected chi connectivity index (χ4v) is 4.91. The summed E-state index contributed by atoms with van der Waals surface area (Å²) in [6.45, 7) is 7.14. The molecule has 0 amide bonds. The Morgan fingerprint density at radius 3 is 2.44 bits per heavy atom. The van der Waals surface area contributed by atoms with E-state index in [1.165, 1.54) is 11.7 Å². The molecule has 0 spiro atoms. The van der Waals surface area contributed by atoms with Crippen LogP contribution in [0.5, 0.6) is 0 Å². The minimum Gasteiger partial charge on any atom is -0.465 e. The molecule has 0 aliphatic carbocycles. The lowest BCUT2D eigenvalue weighted by atomic mass is 10.1. The quantitative estimate of drug-likeness (QED) is 0.540. The molecule has 0 bridgehead atoms. The lowest BCUT2D eigenvalue weighted by molar-refractivity contribution is 0.0603. The molecular weight excluding hydrogens is 438 g/mol. The van der Waals surface area contributed by atoms with Gasteiger partial charge in [0.15, 0.2) is 0 Å². The number of hydrogen-bond donors (Lipinski definition) is 1. The van der Waals surface area contributed by atoms with Crippen LogP contribution in [-0.4, -0.2) is 55.9 Å². The van der Waals surface area contributed by atoms with Crippen LogP contribution in [0.3, 0.4) is 0 Å². The first-order valence-electron chi connectivity index (χ1n) is 11.4. The molecule has 4 rings (SSSR count). The highest BCUT2D eigenvalue weighted by molar-refractivity contribution is 6.08. The van der Waals surface area contributed by atoms with Gasteiger partial charge in [0.1, 0.15) is 22.7 Å². The number of carbonyl (C=O) groups is 1. The van der Waals surface area contributed by atoms with E-state index in [9.17, 15) is 14.4 Å². The zero-order chi connectivity index (χ0) is 24.7. The van der Waals surface area contributed by atoms with Crippen molar-refractivity contribution in [3.63, 3.8) is 0 Å². The first-order valence-corrected chi connectivity index (χ1v) is 11.4. The molecule has 1 aliphatic heterocycles. The number of aryl methyl sites for hydroxylation is 4. The van der Waals surface area contributed by atoms with E-state index in [0.29, 0.717) is 31.3 Å². The van der Waals surface area contributed by atoms with Crippen LogP contribution in [0.25, 0.3) is 11.0 Å². The number of hydrogen-bond acceptors (Lipinski definition) is 8. The summed E-state index contributed by atoms with van der Waals surface area (Å²) in [5.41, 5.74) is 7.41. The van der Waals surface area contributed by atoms with Crippen molar-refractivity contribution in [2.45, 2.75) is 52.7 Å². The molecule has 11 nitrogen and oxygen atoms in total. The van der Waals surface area contributed by atoms with Crippen molar-refractivity contribution < 1.29 is 9.53 Å². The van der Waals surface area contributed by atoms with E-state index in [1.807, 2.05) is 31.7 Å². The highest BCUT2D eigenvalue weighted by Gasteiger charge is 2.33. The number of nitrogens with zero attached hydrogens (tertiary/aromatic N) is 6. The van der Waals surface area contributed by atoms with Crippen molar-refractivity contribution in [3.05, 3.63) is 49.7 Å². The van der Waals surface area contributed by atoms with Gasteiger partial charge in [-0.15, -0.1) is 0 Å². The molecule has 182 valence electrons. The van der Waals surface area contributed by atoms with Gasteiger partial charge >= 0.3 is 11.7 Å². The number of aromatic nitrogens is 5. The van der Waals surface area contributed by atoms with Gasteiger partial charge in [-0.05, 0) is 39.7 Å². The molecule has 1 fully saturated rings. The minimum atomic E-state index is -0.601. The molecule has 0 unspecified atom stereocenters. The fraction of sp³-hybridized carbons (Fsp3) is 0.522. The molecule has 1 atom stereocenters. The summed E-state index contributed by atoms with van der Waals surface area (Å²) in [6.07, 6.45) is 1.75. The maximum Gasteiger partial charge on any atom is 0.343 e. The van der Waals surface area contributed by atoms with Gasteiger partial charge in [-0.3, -0.25) is 13.9 Å². The largest absolute Gasteiger partial charge is 0.465 e. The molecular formula is C23H31N7O4.